The van der Waals surface area contributed by atoms with Crippen LogP contribution in [-0.2, 0) is 0 Å². The van der Waals surface area contributed by atoms with E-state index in [1.807, 2.05) is 0 Å². The lowest BCUT2D eigenvalue weighted by molar-refractivity contribution is 0.541. The molecule has 0 fully saturated rings. The minimum Gasteiger partial charge on any atom is -0.389 e. The van der Waals surface area contributed by atoms with Gasteiger partial charge in [-0.1, -0.05) is 91.9 Å². The van der Waals surface area contributed by atoms with Crippen molar-refractivity contribution < 1.29 is 0 Å². The number of aliphatic imine (C=N–C) groups is 1. The zero-order valence-electron chi connectivity index (χ0n) is 27.1. The van der Waals surface area contributed by atoms with Crippen LogP contribution in [0.25, 0.3) is 83.1 Å². The second-order valence-corrected chi connectivity index (χ2v) is 13.9. The number of hydrogen-bond acceptors (Lipinski definition) is 3. The quantitative estimate of drug-likeness (QED) is 0.200. The van der Waals surface area contributed by atoms with Crippen LogP contribution in [0.3, 0.4) is 0 Å². The summed E-state index contributed by atoms with van der Waals surface area (Å²) in [4.78, 5) is 5.37. The molecular weight excluding hydrogens is 599 g/mol. The Morgan fingerprint density at radius 3 is 2.27 bits per heavy atom. The topological polar surface area (TPSA) is 46.3 Å². The Morgan fingerprint density at radius 1 is 0.673 bits per heavy atom. The van der Waals surface area contributed by atoms with E-state index in [9.17, 15) is 0 Å². The summed E-state index contributed by atoms with van der Waals surface area (Å²) in [6, 6.07) is 38.3. The van der Waals surface area contributed by atoms with E-state index < -0.39 is 0 Å². The van der Waals surface area contributed by atoms with E-state index in [0.29, 0.717) is 5.92 Å². The van der Waals surface area contributed by atoms with E-state index in [1.54, 1.807) is 0 Å². The van der Waals surface area contributed by atoms with E-state index in [4.69, 9.17) is 4.99 Å². The predicted octanol–water partition coefficient (Wildman–Crippen LogP) is 9.80. The molecule has 5 heterocycles. The van der Waals surface area contributed by atoms with Gasteiger partial charge in [0.2, 0.25) is 0 Å². The largest absolute Gasteiger partial charge is 0.389 e. The van der Waals surface area contributed by atoms with Crippen LogP contribution in [0.1, 0.15) is 18.9 Å². The zero-order valence-corrected chi connectivity index (χ0v) is 27.1. The molecule has 2 unspecified atom stereocenters. The summed E-state index contributed by atoms with van der Waals surface area (Å²) in [6.45, 7) is 3.34. The number of nitrogens with zero attached hydrogens (tertiary/aromatic N) is 3. The number of nitrogens with one attached hydrogen (secondary N) is 2. The molecule has 49 heavy (non-hydrogen) atoms. The van der Waals surface area contributed by atoms with Gasteiger partial charge in [0.15, 0.2) is 5.82 Å². The van der Waals surface area contributed by atoms with Gasteiger partial charge in [-0.3, -0.25) is 4.57 Å². The van der Waals surface area contributed by atoms with Gasteiger partial charge < -0.3 is 15.2 Å². The van der Waals surface area contributed by atoms with Gasteiger partial charge in [0.25, 0.3) is 0 Å². The van der Waals surface area contributed by atoms with Gasteiger partial charge in [-0.15, -0.1) is 0 Å². The van der Waals surface area contributed by atoms with Crippen molar-refractivity contribution in [2.75, 3.05) is 6.54 Å². The first-order valence-corrected chi connectivity index (χ1v) is 17.3. The van der Waals surface area contributed by atoms with Gasteiger partial charge in [-0.25, -0.2) is 4.99 Å². The van der Waals surface area contributed by atoms with Crippen molar-refractivity contribution in [2.45, 2.75) is 19.4 Å². The number of hydrogen-bond donors (Lipinski definition) is 2. The Balaban J connectivity index is 1.19. The van der Waals surface area contributed by atoms with E-state index in [2.05, 4.69) is 160 Å². The Bertz CT molecular complexity index is 2740. The third-order valence-corrected chi connectivity index (χ3v) is 10.8. The van der Waals surface area contributed by atoms with Crippen LogP contribution in [-0.4, -0.2) is 27.4 Å². The summed E-state index contributed by atoms with van der Waals surface area (Å²) < 4.78 is 4.86. The van der Waals surface area contributed by atoms with E-state index in [-0.39, 0.29) is 6.04 Å². The van der Waals surface area contributed by atoms with Crippen molar-refractivity contribution in [1.29, 1.82) is 0 Å². The Kier molecular flexibility index (Phi) is 5.48. The maximum Gasteiger partial charge on any atom is 0.162 e. The number of aromatic nitrogens is 2. The van der Waals surface area contributed by atoms with Crippen LogP contribution >= 0.6 is 0 Å². The standard InChI is InChI=1S/C44H33N5/c1-26-20-29(25-45-24-26)48-39-16-8-4-11-31(39)34-21-27(18-19-41(34)48)28-22-35-30-10-2-3-13-33(30)42-44(47-38-15-7-6-14-37(38)46-42)49-40-17-9-5-12-32(40)36(23-28)43(35)49/h2-19,21-23,25-26,37,45-46H,20,24H2,1H3. The van der Waals surface area contributed by atoms with Crippen LogP contribution in [0.2, 0.25) is 0 Å². The minimum atomic E-state index is 0.0446. The Morgan fingerprint density at radius 2 is 1.41 bits per heavy atom. The SMILES string of the molecule is CC1CNC=C(n2c3ccccc3c3cc(-c4cc5c6c(c4)c4ccccc4n6C4=C(NC6C=CC=CC6=N4)c4ccccc4-5)ccc32)C1. The molecule has 7 aromatic rings. The Hall–Kier alpha value is -6.07. The maximum absolute atomic E-state index is 5.37. The fourth-order valence-corrected chi connectivity index (χ4v) is 8.63. The molecule has 5 heteroatoms. The highest BCUT2D eigenvalue weighted by atomic mass is 15.2. The lowest BCUT2D eigenvalue weighted by atomic mass is 9.91. The van der Waals surface area contributed by atoms with Gasteiger partial charge >= 0.3 is 0 Å². The first kappa shape index (κ1) is 26.9. The highest BCUT2D eigenvalue weighted by Crippen LogP contribution is 2.47. The van der Waals surface area contributed by atoms with Crippen molar-refractivity contribution >= 4 is 66.5 Å². The van der Waals surface area contributed by atoms with Gasteiger partial charge in [0, 0.05) is 51.1 Å². The fraction of sp³-hybridized carbons (Fsp3) is 0.114. The van der Waals surface area contributed by atoms with E-state index >= 15 is 0 Å². The molecule has 11 rings (SSSR count). The number of para-hydroxylation sites is 2. The molecule has 0 amide bonds. The molecular formula is C44H33N5. The average molecular weight is 632 g/mol. The summed E-state index contributed by atoms with van der Waals surface area (Å²) in [5.41, 5.74) is 14.3. The zero-order chi connectivity index (χ0) is 32.2. The van der Waals surface area contributed by atoms with E-state index in [1.165, 1.54) is 77.1 Å². The van der Waals surface area contributed by atoms with Gasteiger partial charge in [0.05, 0.1) is 39.5 Å². The molecule has 3 aliphatic heterocycles. The van der Waals surface area contributed by atoms with Gasteiger partial charge in [0.1, 0.15) is 0 Å². The second kappa shape index (κ2) is 9.97. The van der Waals surface area contributed by atoms with Gasteiger partial charge in [-0.05, 0) is 71.5 Å². The number of benzene rings is 5. The maximum atomic E-state index is 5.37. The summed E-state index contributed by atoms with van der Waals surface area (Å²) in [5.74, 6) is 1.54. The molecule has 234 valence electrons. The molecule has 1 aliphatic carbocycles. The first-order valence-electron chi connectivity index (χ1n) is 17.3. The summed E-state index contributed by atoms with van der Waals surface area (Å²) >= 11 is 0. The molecule has 2 aromatic heterocycles. The van der Waals surface area contributed by atoms with Crippen molar-refractivity contribution in [3.05, 3.63) is 139 Å². The van der Waals surface area contributed by atoms with Crippen LogP contribution in [0.4, 0.5) is 0 Å². The monoisotopic (exact) mass is 631 g/mol. The minimum absolute atomic E-state index is 0.0446. The smallest absolute Gasteiger partial charge is 0.162 e. The third kappa shape index (κ3) is 3.78. The molecule has 0 saturated heterocycles. The molecule has 0 saturated carbocycles. The molecule has 2 atom stereocenters. The third-order valence-electron chi connectivity index (χ3n) is 10.8. The highest BCUT2D eigenvalue weighted by molar-refractivity contribution is 6.21. The molecule has 4 aliphatic rings. The average Bonchev–Trinajstić information content (AvgIpc) is 3.63. The van der Waals surface area contributed by atoms with Crippen molar-refractivity contribution in [2.24, 2.45) is 10.9 Å². The number of rotatable bonds is 2. The lowest BCUT2D eigenvalue weighted by Gasteiger charge is -2.28. The Labute approximate surface area is 283 Å². The van der Waals surface area contributed by atoms with Crippen LogP contribution < -0.4 is 10.6 Å². The summed E-state index contributed by atoms with van der Waals surface area (Å²) in [5, 5.41) is 12.4. The number of fused-ring (bicyclic) bond motifs is 11. The molecule has 2 N–H and O–H groups in total. The van der Waals surface area contributed by atoms with Crippen LogP contribution in [0, 0.1) is 5.92 Å². The summed E-state index contributed by atoms with van der Waals surface area (Å²) in [7, 11) is 0. The lowest BCUT2D eigenvalue weighted by Crippen LogP contribution is -2.37. The molecule has 0 radical (unpaired) electrons. The highest BCUT2D eigenvalue weighted by Gasteiger charge is 2.31. The molecule has 5 nitrogen and oxygen atoms in total. The normalized spacial score (nSPS) is 19.3. The molecule has 0 bridgehead atoms. The van der Waals surface area contributed by atoms with Crippen molar-refractivity contribution in [1.82, 2.24) is 19.8 Å². The van der Waals surface area contributed by atoms with Crippen molar-refractivity contribution in [3.63, 3.8) is 0 Å². The predicted molar refractivity (Wildman–Crippen MR) is 205 cm³/mol. The second-order valence-electron chi connectivity index (χ2n) is 13.9. The number of allylic oxidation sites excluding steroid dienone is 3. The van der Waals surface area contributed by atoms with E-state index in [0.717, 1.165) is 30.2 Å². The fourth-order valence-electron chi connectivity index (χ4n) is 8.63. The molecule has 5 aromatic carbocycles. The summed E-state index contributed by atoms with van der Waals surface area (Å²) in [6.07, 6.45) is 11.8. The van der Waals surface area contributed by atoms with Gasteiger partial charge in [-0.2, -0.15) is 0 Å². The molecule has 0 spiro atoms. The first-order chi connectivity index (χ1) is 24.2. The van der Waals surface area contributed by atoms with Crippen molar-refractivity contribution in [3.8, 4) is 22.3 Å². The van der Waals surface area contributed by atoms with Crippen LogP contribution in [0.15, 0.2) is 139 Å². The van der Waals surface area contributed by atoms with Crippen LogP contribution in [0.5, 0.6) is 0 Å².